The van der Waals surface area contributed by atoms with E-state index in [2.05, 4.69) is 0 Å². The summed E-state index contributed by atoms with van der Waals surface area (Å²) in [5, 5.41) is 0.985. The van der Waals surface area contributed by atoms with Gasteiger partial charge in [0.2, 0.25) is 0 Å². The molecular formula is C11H10O2. The lowest BCUT2D eigenvalue weighted by atomic mass is 10.1. The number of rotatable bonds is 1. The van der Waals surface area contributed by atoms with Crippen LogP contribution in [0.4, 0.5) is 0 Å². The summed E-state index contributed by atoms with van der Waals surface area (Å²) in [6.07, 6.45) is 0.715. The molecule has 0 radical (unpaired) electrons. The fraction of sp³-hybridized carbons (Fsp3) is 0.182. The van der Waals surface area contributed by atoms with Crippen LogP contribution in [-0.2, 0) is 6.42 Å². The predicted molar refractivity (Wildman–Crippen MR) is 51.9 cm³/mol. The van der Waals surface area contributed by atoms with E-state index in [9.17, 15) is 4.79 Å². The average molecular weight is 174 g/mol. The van der Waals surface area contributed by atoms with Gasteiger partial charge in [0, 0.05) is 10.9 Å². The summed E-state index contributed by atoms with van der Waals surface area (Å²) in [5.74, 6) is 0. The van der Waals surface area contributed by atoms with Crippen LogP contribution in [-0.4, -0.2) is 0 Å². The van der Waals surface area contributed by atoms with Gasteiger partial charge in [-0.15, -0.1) is 0 Å². The molecule has 66 valence electrons. The number of hydrogen-bond acceptors (Lipinski definition) is 2. The lowest BCUT2D eigenvalue weighted by molar-refractivity contribution is 0.551. The molecule has 0 unspecified atom stereocenters. The Labute approximate surface area is 75.8 Å². The summed E-state index contributed by atoms with van der Waals surface area (Å²) in [4.78, 5) is 11.3. The van der Waals surface area contributed by atoms with Gasteiger partial charge in [-0.3, -0.25) is 0 Å². The van der Waals surface area contributed by atoms with Crippen LogP contribution in [0.15, 0.2) is 39.5 Å². The predicted octanol–water partition coefficient (Wildman–Crippen LogP) is 2.36. The molecule has 0 saturated heterocycles. The summed E-state index contributed by atoms with van der Waals surface area (Å²) in [6, 6.07) is 9.42. The van der Waals surface area contributed by atoms with Crippen molar-refractivity contribution >= 4 is 11.0 Å². The largest absolute Gasteiger partial charge is 0.423 e. The van der Waals surface area contributed by atoms with Gasteiger partial charge < -0.3 is 4.42 Å². The van der Waals surface area contributed by atoms with Gasteiger partial charge >= 0.3 is 5.63 Å². The molecule has 0 aliphatic heterocycles. The van der Waals surface area contributed by atoms with E-state index in [1.165, 1.54) is 0 Å². The highest BCUT2D eigenvalue weighted by Gasteiger charge is 2.01. The van der Waals surface area contributed by atoms with Crippen molar-refractivity contribution in [2.75, 3.05) is 0 Å². The number of fused-ring (bicyclic) bond motifs is 1. The minimum absolute atomic E-state index is 0.221. The van der Waals surface area contributed by atoms with Gasteiger partial charge in [0.25, 0.3) is 0 Å². The van der Waals surface area contributed by atoms with Crippen LogP contribution in [0.5, 0.6) is 0 Å². The van der Waals surface area contributed by atoms with E-state index in [0.717, 1.165) is 10.9 Å². The zero-order chi connectivity index (χ0) is 9.26. The Balaban J connectivity index is 2.81. The van der Waals surface area contributed by atoms with Crippen molar-refractivity contribution < 1.29 is 4.42 Å². The van der Waals surface area contributed by atoms with Crippen molar-refractivity contribution in [2.45, 2.75) is 13.3 Å². The molecule has 0 spiro atoms. The van der Waals surface area contributed by atoms with E-state index < -0.39 is 0 Å². The number of aryl methyl sites for hydroxylation is 1. The molecule has 2 rings (SSSR count). The molecule has 0 saturated carbocycles. The molecule has 13 heavy (non-hydrogen) atoms. The zero-order valence-electron chi connectivity index (χ0n) is 7.41. The molecule has 1 aromatic heterocycles. The summed E-state index contributed by atoms with van der Waals surface area (Å²) >= 11 is 0. The molecule has 1 heterocycles. The van der Waals surface area contributed by atoms with E-state index in [1.54, 1.807) is 6.07 Å². The Kier molecular flexibility index (Phi) is 1.89. The highest BCUT2D eigenvalue weighted by Crippen LogP contribution is 2.12. The van der Waals surface area contributed by atoms with Crippen LogP contribution in [0, 0.1) is 0 Å². The highest BCUT2D eigenvalue weighted by atomic mass is 16.4. The first-order valence-corrected chi connectivity index (χ1v) is 4.33. The minimum atomic E-state index is -0.221. The van der Waals surface area contributed by atoms with E-state index in [1.807, 2.05) is 31.2 Å². The molecule has 2 aromatic rings. The van der Waals surface area contributed by atoms with Gasteiger partial charge in [-0.25, -0.2) is 4.79 Å². The van der Waals surface area contributed by atoms with Crippen LogP contribution in [0.3, 0.4) is 0 Å². The third-order valence-electron chi connectivity index (χ3n) is 2.09. The second kappa shape index (κ2) is 3.05. The minimum Gasteiger partial charge on any atom is -0.423 e. The molecule has 2 nitrogen and oxygen atoms in total. The zero-order valence-corrected chi connectivity index (χ0v) is 7.41. The van der Waals surface area contributed by atoms with Gasteiger partial charge in [-0.05, 0) is 18.6 Å². The SMILES string of the molecule is CCc1cc2ccccc2oc1=O. The fourth-order valence-electron chi connectivity index (χ4n) is 1.35. The van der Waals surface area contributed by atoms with Crippen LogP contribution in [0.25, 0.3) is 11.0 Å². The highest BCUT2D eigenvalue weighted by molar-refractivity contribution is 5.76. The topological polar surface area (TPSA) is 30.2 Å². The quantitative estimate of drug-likeness (QED) is 0.621. The fourth-order valence-corrected chi connectivity index (χ4v) is 1.35. The van der Waals surface area contributed by atoms with Crippen LogP contribution < -0.4 is 5.63 Å². The van der Waals surface area contributed by atoms with Gasteiger partial charge in [0.1, 0.15) is 5.58 Å². The first kappa shape index (κ1) is 8.05. The molecule has 0 aliphatic rings. The smallest absolute Gasteiger partial charge is 0.339 e. The monoisotopic (exact) mass is 174 g/mol. The van der Waals surface area contributed by atoms with Gasteiger partial charge in [0.15, 0.2) is 0 Å². The first-order valence-electron chi connectivity index (χ1n) is 4.33. The Morgan fingerprint density at radius 1 is 1.31 bits per heavy atom. The Morgan fingerprint density at radius 3 is 2.85 bits per heavy atom. The van der Waals surface area contributed by atoms with Gasteiger partial charge in [-0.1, -0.05) is 25.1 Å². The van der Waals surface area contributed by atoms with Crippen molar-refractivity contribution in [3.8, 4) is 0 Å². The Bertz CT molecular complexity index is 483. The maximum Gasteiger partial charge on any atom is 0.339 e. The third kappa shape index (κ3) is 1.35. The number of benzene rings is 1. The Morgan fingerprint density at radius 2 is 2.08 bits per heavy atom. The molecule has 0 fully saturated rings. The van der Waals surface area contributed by atoms with Crippen molar-refractivity contribution in [3.05, 3.63) is 46.3 Å². The summed E-state index contributed by atoms with van der Waals surface area (Å²) in [5.41, 5.74) is 1.17. The van der Waals surface area contributed by atoms with Gasteiger partial charge in [-0.2, -0.15) is 0 Å². The maximum atomic E-state index is 11.3. The van der Waals surface area contributed by atoms with Crippen molar-refractivity contribution in [1.82, 2.24) is 0 Å². The second-order valence-electron chi connectivity index (χ2n) is 2.95. The molecule has 0 N–H and O–H groups in total. The summed E-state index contributed by atoms with van der Waals surface area (Å²) < 4.78 is 5.13. The molecule has 0 aliphatic carbocycles. The average Bonchev–Trinajstić information content (AvgIpc) is 2.17. The molecule has 1 aromatic carbocycles. The van der Waals surface area contributed by atoms with Crippen molar-refractivity contribution in [1.29, 1.82) is 0 Å². The van der Waals surface area contributed by atoms with Crippen LogP contribution in [0.1, 0.15) is 12.5 Å². The van der Waals surface area contributed by atoms with Crippen LogP contribution in [0.2, 0.25) is 0 Å². The lowest BCUT2D eigenvalue weighted by Crippen LogP contribution is -2.05. The van der Waals surface area contributed by atoms with Crippen molar-refractivity contribution in [2.24, 2.45) is 0 Å². The first-order chi connectivity index (χ1) is 6.31. The number of hydrogen-bond donors (Lipinski definition) is 0. The van der Waals surface area contributed by atoms with E-state index >= 15 is 0 Å². The molecule has 0 bridgehead atoms. The molecule has 0 amide bonds. The van der Waals surface area contributed by atoms with Crippen molar-refractivity contribution in [3.63, 3.8) is 0 Å². The number of para-hydroxylation sites is 1. The third-order valence-corrected chi connectivity index (χ3v) is 2.09. The summed E-state index contributed by atoms with van der Waals surface area (Å²) in [6.45, 7) is 1.95. The maximum absolute atomic E-state index is 11.3. The van der Waals surface area contributed by atoms with E-state index in [4.69, 9.17) is 4.42 Å². The summed E-state index contributed by atoms with van der Waals surface area (Å²) in [7, 11) is 0. The second-order valence-corrected chi connectivity index (χ2v) is 2.95. The molecular weight excluding hydrogens is 164 g/mol. The van der Waals surface area contributed by atoms with E-state index in [0.29, 0.717) is 12.0 Å². The molecule has 2 heteroatoms. The van der Waals surface area contributed by atoms with Crippen LogP contribution >= 0.6 is 0 Å². The van der Waals surface area contributed by atoms with Gasteiger partial charge in [0.05, 0.1) is 0 Å². The standard InChI is InChI=1S/C11H10O2/c1-2-8-7-9-5-3-4-6-10(9)13-11(8)12/h3-7H,2H2,1H3. The Hall–Kier alpha value is -1.57. The lowest BCUT2D eigenvalue weighted by Gasteiger charge is -1.97. The molecule has 0 atom stereocenters. The normalized spacial score (nSPS) is 10.5. The van der Waals surface area contributed by atoms with E-state index in [-0.39, 0.29) is 5.63 Å².